The van der Waals surface area contributed by atoms with Gasteiger partial charge in [-0.2, -0.15) is 11.8 Å². The second kappa shape index (κ2) is 7.20. The molecule has 6 heteroatoms. The van der Waals surface area contributed by atoms with Crippen molar-refractivity contribution in [1.29, 1.82) is 0 Å². The monoisotopic (exact) mass is 314 g/mol. The molecule has 1 saturated heterocycles. The van der Waals surface area contributed by atoms with E-state index in [4.69, 9.17) is 11.6 Å². The minimum atomic E-state index is -0.745. The summed E-state index contributed by atoms with van der Waals surface area (Å²) in [5.74, 6) is 1.64. The van der Waals surface area contributed by atoms with Crippen molar-refractivity contribution >= 4 is 29.4 Å². The quantitative estimate of drug-likeness (QED) is 0.779. The van der Waals surface area contributed by atoms with E-state index in [9.17, 15) is 9.90 Å². The van der Waals surface area contributed by atoms with Crippen LogP contribution in [-0.2, 0) is 6.42 Å². The highest BCUT2D eigenvalue weighted by atomic mass is 35.5. The third kappa shape index (κ3) is 4.58. The fraction of sp³-hybridized carbons (Fsp3) is 0.500. The summed E-state index contributed by atoms with van der Waals surface area (Å²) in [7, 11) is 0. The van der Waals surface area contributed by atoms with Gasteiger partial charge < -0.3 is 15.7 Å². The lowest BCUT2D eigenvalue weighted by molar-refractivity contribution is 0.0700. The minimum absolute atomic E-state index is 0.248. The molecule has 1 aromatic rings. The minimum Gasteiger partial charge on any atom is -0.387 e. The summed E-state index contributed by atoms with van der Waals surface area (Å²) < 4.78 is 0. The third-order valence-corrected chi connectivity index (χ3v) is 4.90. The lowest BCUT2D eigenvalue weighted by Crippen LogP contribution is -2.46. The average molecular weight is 315 g/mol. The third-order valence-electron chi connectivity index (χ3n) is 3.30. The van der Waals surface area contributed by atoms with Crippen LogP contribution in [0.25, 0.3) is 0 Å². The first-order chi connectivity index (χ1) is 9.59. The molecule has 4 nitrogen and oxygen atoms in total. The van der Waals surface area contributed by atoms with Gasteiger partial charge in [-0.25, -0.2) is 4.79 Å². The number of hydrogen-bond donors (Lipinski definition) is 3. The van der Waals surface area contributed by atoms with Crippen LogP contribution < -0.4 is 10.6 Å². The predicted molar refractivity (Wildman–Crippen MR) is 83.4 cm³/mol. The van der Waals surface area contributed by atoms with E-state index in [-0.39, 0.29) is 6.03 Å². The van der Waals surface area contributed by atoms with Crippen molar-refractivity contribution in [2.75, 3.05) is 24.6 Å². The molecule has 1 aromatic carbocycles. The van der Waals surface area contributed by atoms with E-state index in [1.54, 1.807) is 11.8 Å². The van der Waals surface area contributed by atoms with E-state index in [2.05, 4.69) is 10.6 Å². The van der Waals surface area contributed by atoms with Crippen LogP contribution in [-0.4, -0.2) is 41.3 Å². The fourth-order valence-electron chi connectivity index (χ4n) is 2.06. The second-order valence-corrected chi connectivity index (χ2v) is 6.49. The number of carbonyl (C=O) groups is 1. The Morgan fingerprint density at radius 1 is 1.40 bits per heavy atom. The lowest BCUT2D eigenvalue weighted by Gasteiger charge is -2.21. The Balaban J connectivity index is 1.67. The van der Waals surface area contributed by atoms with Gasteiger partial charge in [0.2, 0.25) is 0 Å². The Kier molecular flexibility index (Phi) is 5.57. The molecule has 2 amide bonds. The fourth-order valence-corrected chi connectivity index (χ4v) is 3.58. The van der Waals surface area contributed by atoms with Gasteiger partial charge in [-0.3, -0.25) is 0 Å². The van der Waals surface area contributed by atoms with E-state index in [0.29, 0.717) is 30.3 Å². The summed E-state index contributed by atoms with van der Waals surface area (Å²) >= 11 is 7.75. The highest BCUT2D eigenvalue weighted by Crippen LogP contribution is 2.26. The number of thioether (sulfide) groups is 1. The summed E-state index contributed by atoms with van der Waals surface area (Å²) in [5.41, 5.74) is 0.269. The molecule has 0 saturated carbocycles. The molecule has 1 heterocycles. The van der Waals surface area contributed by atoms with Gasteiger partial charge in [0.1, 0.15) is 0 Å². The zero-order valence-electron chi connectivity index (χ0n) is 11.2. The molecule has 1 atom stereocenters. The van der Waals surface area contributed by atoms with Gasteiger partial charge >= 0.3 is 6.03 Å². The Bertz CT molecular complexity index is 464. The zero-order valence-corrected chi connectivity index (χ0v) is 12.8. The van der Waals surface area contributed by atoms with Crippen LogP contribution in [0.3, 0.4) is 0 Å². The zero-order chi connectivity index (χ0) is 14.4. The molecule has 1 aliphatic rings. The molecule has 0 bridgehead atoms. The van der Waals surface area contributed by atoms with E-state index in [1.165, 1.54) is 0 Å². The topological polar surface area (TPSA) is 61.4 Å². The van der Waals surface area contributed by atoms with E-state index in [0.717, 1.165) is 17.7 Å². The molecular weight excluding hydrogens is 296 g/mol. The standard InChI is InChI=1S/C14H19ClN2O2S/c15-12-4-2-1-3-11(12)5-7-16-13(18)17-9-14(19)6-8-20-10-14/h1-4,19H,5-10H2,(H2,16,17,18)/t14-/m1/s1. The molecular formula is C14H19ClN2O2S. The summed E-state index contributed by atoms with van der Waals surface area (Å²) in [6.07, 6.45) is 1.42. The maximum Gasteiger partial charge on any atom is 0.314 e. The van der Waals surface area contributed by atoms with Gasteiger partial charge in [0, 0.05) is 23.9 Å². The summed E-state index contributed by atoms with van der Waals surface area (Å²) in [6, 6.07) is 7.34. The number of halogens is 1. The smallest absolute Gasteiger partial charge is 0.314 e. The van der Waals surface area contributed by atoms with Gasteiger partial charge in [0.15, 0.2) is 0 Å². The highest BCUT2D eigenvalue weighted by molar-refractivity contribution is 7.99. The number of nitrogens with one attached hydrogen (secondary N) is 2. The van der Waals surface area contributed by atoms with Gasteiger partial charge in [0.05, 0.1) is 5.60 Å². The van der Waals surface area contributed by atoms with Crippen molar-refractivity contribution in [2.24, 2.45) is 0 Å². The molecule has 0 spiro atoms. The van der Waals surface area contributed by atoms with Crippen molar-refractivity contribution in [1.82, 2.24) is 10.6 Å². The molecule has 0 aromatic heterocycles. The molecule has 0 unspecified atom stereocenters. The Morgan fingerprint density at radius 2 is 2.20 bits per heavy atom. The number of rotatable bonds is 5. The van der Waals surface area contributed by atoms with Crippen molar-refractivity contribution in [3.8, 4) is 0 Å². The van der Waals surface area contributed by atoms with Crippen LogP contribution in [0, 0.1) is 0 Å². The molecule has 0 aliphatic carbocycles. The first-order valence-electron chi connectivity index (χ1n) is 6.64. The summed E-state index contributed by atoms with van der Waals surface area (Å²) in [4.78, 5) is 11.6. The van der Waals surface area contributed by atoms with Crippen molar-refractivity contribution in [3.63, 3.8) is 0 Å². The van der Waals surface area contributed by atoms with E-state index < -0.39 is 5.60 Å². The maximum absolute atomic E-state index is 11.6. The number of urea groups is 1. The van der Waals surface area contributed by atoms with Gasteiger partial charge in [-0.15, -0.1) is 0 Å². The largest absolute Gasteiger partial charge is 0.387 e. The van der Waals surface area contributed by atoms with Crippen LogP contribution in [0.1, 0.15) is 12.0 Å². The van der Waals surface area contributed by atoms with Crippen LogP contribution in [0.5, 0.6) is 0 Å². The van der Waals surface area contributed by atoms with Crippen LogP contribution in [0.2, 0.25) is 5.02 Å². The first-order valence-corrected chi connectivity index (χ1v) is 8.18. The molecule has 1 aliphatic heterocycles. The second-order valence-electron chi connectivity index (χ2n) is 4.98. The predicted octanol–water partition coefficient (Wildman–Crippen LogP) is 2.05. The normalized spacial score (nSPS) is 21.7. The van der Waals surface area contributed by atoms with Crippen LogP contribution in [0.15, 0.2) is 24.3 Å². The van der Waals surface area contributed by atoms with Gasteiger partial charge in [-0.05, 0) is 30.2 Å². The highest BCUT2D eigenvalue weighted by Gasteiger charge is 2.31. The van der Waals surface area contributed by atoms with Crippen LogP contribution >= 0.6 is 23.4 Å². The Hall–Kier alpha value is -0.910. The molecule has 110 valence electrons. The Morgan fingerprint density at radius 3 is 2.90 bits per heavy atom. The number of amides is 2. The molecule has 20 heavy (non-hydrogen) atoms. The number of hydrogen-bond acceptors (Lipinski definition) is 3. The van der Waals surface area contributed by atoms with Gasteiger partial charge in [-0.1, -0.05) is 29.8 Å². The van der Waals surface area contributed by atoms with Gasteiger partial charge in [0.25, 0.3) is 0 Å². The molecule has 3 N–H and O–H groups in total. The molecule has 0 radical (unpaired) electrons. The molecule has 1 fully saturated rings. The summed E-state index contributed by atoms with van der Waals surface area (Å²) in [6.45, 7) is 0.820. The van der Waals surface area contributed by atoms with Crippen molar-refractivity contribution in [2.45, 2.75) is 18.4 Å². The lowest BCUT2D eigenvalue weighted by atomic mass is 10.0. The Labute approximate surface area is 128 Å². The summed E-state index contributed by atoms with van der Waals surface area (Å²) in [5, 5.41) is 16.3. The number of benzene rings is 1. The van der Waals surface area contributed by atoms with Crippen molar-refractivity contribution < 1.29 is 9.90 Å². The van der Waals surface area contributed by atoms with E-state index in [1.807, 2.05) is 24.3 Å². The van der Waals surface area contributed by atoms with Crippen molar-refractivity contribution in [3.05, 3.63) is 34.9 Å². The number of carbonyl (C=O) groups excluding carboxylic acids is 1. The first kappa shape index (κ1) is 15.5. The number of aliphatic hydroxyl groups is 1. The maximum atomic E-state index is 11.6. The SMILES string of the molecule is O=C(NCCc1ccccc1Cl)NC[C@]1(O)CCSC1. The van der Waals surface area contributed by atoms with Crippen LogP contribution in [0.4, 0.5) is 4.79 Å². The molecule has 2 rings (SSSR count). The average Bonchev–Trinajstić information content (AvgIpc) is 2.86. The van der Waals surface area contributed by atoms with E-state index >= 15 is 0 Å².